The zero-order chi connectivity index (χ0) is 13.5. The second-order valence-electron chi connectivity index (χ2n) is 3.96. The Morgan fingerprint density at radius 2 is 2.11 bits per heavy atom. The summed E-state index contributed by atoms with van der Waals surface area (Å²) >= 11 is 3.34. The smallest absolute Gasteiger partial charge is 0.237 e. The van der Waals surface area contributed by atoms with Crippen molar-refractivity contribution in [3.63, 3.8) is 0 Å². The molecule has 2 heterocycles. The van der Waals surface area contributed by atoms with Crippen molar-refractivity contribution >= 4 is 15.9 Å². The molecular formula is C13H15BrN4O. The highest BCUT2D eigenvalue weighted by Crippen LogP contribution is 2.20. The average Bonchev–Trinajstić information content (AvgIpc) is 2.41. The van der Waals surface area contributed by atoms with E-state index in [0.29, 0.717) is 11.6 Å². The molecule has 2 rings (SSSR count). The van der Waals surface area contributed by atoms with Crippen molar-refractivity contribution in [2.75, 3.05) is 6.54 Å². The van der Waals surface area contributed by atoms with E-state index < -0.39 is 0 Å². The molecule has 0 fully saturated rings. The fourth-order valence-electron chi connectivity index (χ4n) is 1.45. The second-order valence-corrected chi connectivity index (χ2v) is 4.88. The molecule has 5 nitrogen and oxygen atoms in total. The van der Waals surface area contributed by atoms with E-state index in [1.807, 2.05) is 6.07 Å². The van der Waals surface area contributed by atoms with Crippen molar-refractivity contribution in [2.24, 2.45) is 0 Å². The van der Waals surface area contributed by atoms with Gasteiger partial charge in [-0.05, 0) is 35.0 Å². The van der Waals surface area contributed by atoms with E-state index in [2.05, 4.69) is 43.1 Å². The van der Waals surface area contributed by atoms with Crippen LogP contribution in [-0.4, -0.2) is 21.5 Å². The molecule has 0 radical (unpaired) electrons. The van der Waals surface area contributed by atoms with Crippen LogP contribution in [0.2, 0.25) is 0 Å². The zero-order valence-corrected chi connectivity index (χ0v) is 12.2. The standard InChI is InChI=1S/C13H15BrN4O/c1-2-3-15-6-11-7-18-13(9-17-11)19-12-4-10(14)5-16-8-12/h4-5,7-9,15H,2-3,6H2,1H3. The van der Waals surface area contributed by atoms with Crippen LogP contribution in [0.1, 0.15) is 19.0 Å². The third-order valence-corrected chi connectivity index (χ3v) is 2.75. The van der Waals surface area contributed by atoms with Gasteiger partial charge in [0.2, 0.25) is 5.88 Å². The van der Waals surface area contributed by atoms with E-state index in [1.54, 1.807) is 24.8 Å². The normalized spacial score (nSPS) is 10.4. The first-order valence-electron chi connectivity index (χ1n) is 6.08. The summed E-state index contributed by atoms with van der Waals surface area (Å²) in [6, 6.07) is 1.82. The molecule has 6 heteroatoms. The maximum Gasteiger partial charge on any atom is 0.237 e. The van der Waals surface area contributed by atoms with Crippen molar-refractivity contribution < 1.29 is 4.74 Å². The molecule has 0 bridgehead atoms. The molecule has 2 aromatic rings. The van der Waals surface area contributed by atoms with E-state index in [9.17, 15) is 0 Å². The molecule has 19 heavy (non-hydrogen) atoms. The van der Waals surface area contributed by atoms with Gasteiger partial charge in [0, 0.05) is 17.2 Å². The van der Waals surface area contributed by atoms with Gasteiger partial charge >= 0.3 is 0 Å². The molecule has 0 amide bonds. The first-order chi connectivity index (χ1) is 9.28. The maximum absolute atomic E-state index is 5.55. The van der Waals surface area contributed by atoms with Gasteiger partial charge in [0.15, 0.2) is 0 Å². The fourth-order valence-corrected chi connectivity index (χ4v) is 1.79. The summed E-state index contributed by atoms with van der Waals surface area (Å²) in [5, 5.41) is 3.27. The first-order valence-corrected chi connectivity index (χ1v) is 6.87. The number of nitrogens with zero attached hydrogens (tertiary/aromatic N) is 3. The molecule has 1 N–H and O–H groups in total. The predicted molar refractivity (Wildman–Crippen MR) is 76.0 cm³/mol. The molecule has 0 aliphatic carbocycles. The van der Waals surface area contributed by atoms with Crippen LogP contribution in [0.5, 0.6) is 11.6 Å². The summed E-state index contributed by atoms with van der Waals surface area (Å²) in [5.41, 5.74) is 0.896. The van der Waals surface area contributed by atoms with Gasteiger partial charge in [-0.3, -0.25) is 9.97 Å². The van der Waals surface area contributed by atoms with Crippen LogP contribution >= 0.6 is 15.9 Å². The highest BCUT2D eigenvalue weighted by Gasteiger charge is 2.01. The third-order valence-electron chi connectivity index (χ3n) is 2.32. The number of hydrogen-bond acceptors (Lipinski definition) is 5. The molecule has 0 spiro atoms. The molecule has 0 atom stereocenters. The zero-order valence-electron chi connectivity index (χ0n) is 10.6. The molecule has 0 aliphatic heterocycles. The van der Waals surface area contributed by atoms with Gasteiger partial charge in [0.25, 0.3) is 0 Å². The molecule has 2 aromatic heterocycles. The Labute approximate surface area is 120 Å². The number of pyridine rings is 1. The second kappa shape index (κ2) is 7.16. The summed E-state index contributed by atoms with van der Waals surface area (Å²) in [5.74, 6) is 1.08. The van der Waals surface area contributed by atoms with Crippen molar-refractivity contribution in [1.29, 1.82) is 0 Å². The summed E-state index contributed by atoms with van der Waals surface area (Å²) in [7, 11) is 0. The van der Waals surface area contributed by atoms with E-state index >= 15 is 0 Å². The first kappa shape index (κ1) is 13.9. The van der Waals surface area contributed by atoms with Gasteiger partial charge < -0.3 is 10.1 Å². The van der Waals surface area contributed by atoms with Gasteiger partial charge in [-0.1, -0.05) is 6.92 Å². The number of hydrogen-bond donors (Lipinski definition) is 1. The van der Waals surface area contributed by atoms with Crippen LogP contribution in [0.15, 0.2) is 35.3 Å². The molecule has 0 aliphatic rings. The molecule has 0 saturated heterocycles. The van der Waals surface area contributed by atoms with E-state index in [4.69, 9.17) is 4.74 Å². The van der Waals surface area contributed by atoms with Crippen LogP contribution in [0, 0.1) is 0 Å². The Kier molecular flexibility index (Phi) is 5.23. The monoisotopic (exact) mass is 322 g/mol. The van der Waals surface area contributed by atoms with E-state index in [-0.39, 0.29) is 0 Å². The van der Waals surface area contributed by atoms with Crippen LogP contribution < -0.4 is 10.1 Å². The van der Waals surface area contributed by atoms with Crippen LogP contribution in [0.4, 0.5) is 0 Å². The van der Waals surface area contributed by atoms with Crippen molar-refractivity contribution in [3.8, 4) is 11.6 Å². The Balaban J connectivity index is 1.95. The molecule has 0 aromatic carbocycles. The third kappa shape index (κ3) is 4.57. The number of halogens is 1. The molecule has 0 unspecified atom stereocenters. The predicted octanol–water partition coefficient (Wildman–Crippen LogP) is 2.93. The van der Waals surface area contributed by atoms with Gasteiger partial charge in [-0.2, -0.15) is 0 Å². The summed E-state index contributed by atoms with van der Waals surface area (Å²) < 4.78 is 6.41. The number of nitrogens with one attached hydrogen (secondary N) is 1. The topological polar surface area (TPSA) is 59.9 Å². The maximum atomic E-state index is 5.55. The minimum atomic E-state index is 0.458. The number of rotatable bonds is 6. The van der Waals surface area contributed by atoms with Crippen LogP contribution in [0.25, 0.3) is 0 Å². The van der Waals surface area contributed by atoms with Crippen molar-refractivity contribution in [2.45, 2.75) is 19.9 Å². The van der Waals surface area contributed by atoms with Gasteiger partial charge in [0.1, 0.15) is 5.75 Å². The Morgan fingerprint density at radius 3 is 2.79 bits per heavy atom. The lowest BCUT2D eigenvalue weighted by atomic mass is 10.4. The minimum Gasteiger partial charge on any atom is -0.436 e. The van der Waals surface area contributed by atoms with Crippen LogP contribution in [0.3, 0.4) is 0 Å². The highest BCUT2D eigenvalue weighted by atomic mass is 79.9. The SMILES string of the molecule is CCCNCc1cnc(Oc2cncc(Br)c2)cn1. The highest BCUT2D eigenvalue weighted by molar-refractivity contribution is 9.10. The van der Waals surface area contributed by atoms with Crippen molar-refractivity contribution in [1.82, 2.24) is 20.3 Å². The van der Waals surface area contributed by atoms with E-state index in [1.165, 1.54) is 0 Å². The molecular weight excluding hydrogens is 308 g/mol. The Morgan fingerprint density at radius 1 is 1.21 bits per heavy atom. The lowest BCUT2D eigenvalue weighted by Gasteiger charge is -2.05. The average molecular weight is 323 g/mol. The van der Waals surface area contributed by atoms with Crippen LogP contribution in [-0.2, 0) is 6.54 Å². The molecule has 100 valence electrons. The number of ether oxygens (including phenoxy) is 1. The Bertz CT molecular complexity index is 518. The largest absolute Gasteiger partial charge is 0.436 e. The van der Waals surface area contributed by atoms with Gasteiger partial charge in [-0.15, -0.1) is 0 Å². The van der Waals surface area contributed by atoms with Gasteiger partial charge in [-0.25, -0.2) is 4.98 Å². The lowest BCUT2D eigenvalue weighted by molar-refractivity contribution is 0.456. The fraction of sp³-hybridized carbons (Fsp3) is 0.308. The van der Waals surface area contributed by atoms with Crippen molar-refractivity contribution in [3.05, 3.63) is 41.0 Å². The minimum absolute atomic E-state index is 0.458. The molecule has 0 saturated carbocycles. The van der Waals surface area contributed by atoms with Gasteiger partial charge in [0.05, 0.1) is 24.3 Å². The summed E-state index contributed by atoms with van der Waals surface area (Å²) in [4.78, 5) is 12.5. The lowest BCUT2D eigenvalue weighted by Crippen LogP contribution is -2.14. The quantitative estimate of drug-likeness (QED) is 0.828. The Hall–Kier alpha value is -1.53. The summed E-state index contributed by atoms with van der Waals surface area (Å²) in [6.07, 6.45) is 7.75. The summed E-state index contributed by atoms with van der Waals surface area (Å²) in [6.45, 7) is 3.82. The number of aromatic nitrogens is 3. The van der Waals surface area contributed by atoms with E-state index in [0.717, 1.165) is 29.7 Å².